The number of nitrogens with zero attached hydrogens (tertiary/aromatic N) is 5. The maximum atomic E-state index is 12.8. The van der Waals surface area contributed by atoms with Gasteiger partial charge in [0.15, 0.2) is 5.69 Å². The fraction of sp³-hybridized carbons (Fsp3) is 0.370. The van der Waals surface area contributed by atoms with E-state index in [1.54, 1.807) is 0 Å². The van der Waals surface area contributed by atoms with Crippen LogP contribution in [-0.2, 0) is 13.1 Å². The minimum Gasteiger partial charge on any atom is -0.341 e. The van der Waals surface area contributed by atoms with E-state index in [-0.39, 0.29) is 16.6 Å². The van der Waals surface area contributed by atoms with Crippen LogP contribution in [-0.4, -0.2) is 64.9 Å². The molecule has 2 fully saturated rings. The van der Waals surface area contributed by atoms with E-state index in [1.165, 1.54) is 17.3 Å². The molecule has 0 bridgehead atoms. The molecule has 182 valence electrons. The number of benzene rings is 2. The molecule has 0 saturated carbocycles. The van der Waals surface area contributed by atoms with Gasteiger partial charge in [0, 0.05) is 58.0 Å². The Morgan fingerprint density at radius 1 is 0.829 bits per heavy atom. The Morgan fingerprint density at radius 3 is 2.06 bits per heavy atom. The molecule has 35 heavy (non-hydrogen) atoms. The van der Waals surface area contributed by atoms with Crippen molar-refractivity contribution < 1.29 is 4.79 Å². The second-order valence-corrected chi connectivity index (χ2v) is 9.66. The number of hydrogen-bond acceptors (Lipinski definition) is 6. The predicted molar refractivity (Wildman–Crippen MR) is 140 cm³/mol. The molecular weight excluding hydrogens is 460 g/mol. The molecule has 2 aliphatic heterocycles. The van der Waals surface area contributed by atoms with Gasteiger partial charge in [0.2, 0.25) is 5.95 Å². The molecule has 0 unspecified atom stereocenters. The lowest BCUT2D eigenvalue weighted by atomic mass is 10.1. The summed E-state index contributed by atoms with van der Waals surface area (Å²) in [4.78, 5) is 28.7. The summed E-state index contributed by atoms with van der Waals surface area (Å²) >= 11 is 6.24. The van der Waals surface area contributed by atoms with Crippen molar-refractivity contribution in [1.29, 1.82) is 0 Å². The number of rotatable bonds is 7. The molecule has 0 radical (unpaired) electrons. The maximum absolute atomic E-state index is 12.8. The van der Waals surface area contributed by atoms with Gasteiger partial charge in [-0.2, -0.15) is 0 Å². The molecule has 5 rings (SSSR count). The quantitative estimate of drug-likeness (QED) is 0.532. The summed E-state index contributed by atoms with van der Waals surface area (Å²) in [6, 6.07) is 18.7. The highest BCUT2D eigenvalue weighted by atomic mass is 35.5. The molecular formula is C27H31ClN6O. The Hall–Kier alpha value is -3.00. The van der Waals surface area contributed by atoms with Gasteiger partial charge in [0.25, 0.3) is 5.91 Å². The van der Waals surface area contributed by atoms with Crippen LogP contribution in [0.1, 0.15) is 34.5 Å². The van der Waals surface area contributed by atoms with E-state index in [0.29, 0.717) is 5.95 Å². The van der Waals surface area contributed by atoms with Crippen molar-refractivity contribution >= 4 is 29.1 Å². The van der Waals surface area contributed by atoms with Crippen LogP contribution in [0.4, 0.5) is 11.6 Å². The third-order valence-corrected chi connectivity index (χ3v) is 6.94. The Labute approximate surface area is 211 Å². The summed E-state index contributed by atoms with van der Waals surface area (Å²) in [5.41, 5.74) is 3.54. The number of aromatic nitrogens is 2. The Bertz CT molecular complexity index is 1130. The number of carbonyl (C=O) groups excluding carboxylic acids is 1. The first-order chi connectivity index (χ1) is 17.1. The second kappa shape index (κ2) is 11.2. The third kappa shape index (κ3) is 6.17. The van der Waals surface area contributed by atoms with E-state index >= 15 is 0 Å². The van der Waals surface area contributed by atoms with Crippen LogP contribution >= 0.6 is 11.6 Å². The van der Waals surface area contributed by atoms with Crippen molar-refractivity contribution in [2.45, 2.75) is 25.9 Å². The monoisotopic (exact) mass is 490 g/mol. The van der Waals surface area contributed by atoms with E-state index in [2.05, 4.69) is 72.4 Å². The van der Waals surface area contributed by atoms with Gasteiger partial charge >= 0.3 is 0 Å². The molecule has 0 atom stereocenters. The van der Waals surface area contributed by atoms with Gasteiger partial charge in [0.05, 0.1) is 11.2 Å². The molecule has 3 heterocycles. The molecule has 3 aromatic rings. The first-order valence-electron chi connectivity index (χ1n) is 12.3. The predicted octanol–water partition coefficient (Wildman–Crippen LogP) is 4.30. The van der Waals surface area contributed by atoms with Crippen LogP contribution in [0.3, 0.4) is 0 Å². The van der Waals surface area contributed by atoms with Crippen molar-refractivity contribution in [3.63, 3.8) is 0 Å². The number of carbonyl (C=O) groups is 1. The third-order valence-electron chi connectivity index (χ3n) is 6.67. The first kappa shape index (κ1) is 23.7. The minimum atomic E-state index is -0.319. The molecule has 2 saturated heterocycles. The number of halogens is 1. The van der Waals surface area contributed by atoms with Crippen molar-refractivity contribution in [1.82, 2.24) is 19.8 Å². The Morgan fingerprint density at radius 2 is 1.43 bits per heavy atom. The largest absolute Gasteiger partial charge is 0.341 e. The number of amides is 1. The van der Waals surface area contributed by atoms with Gasteiger partial charge < -0.3 is 10.2 Å². The highest BCUT2D eigenvalue weighted by molar-refractivity contribution is 6.34. The van der Waals surface area contributed by atoms with Gasteiger partial charge in [-0.25, -0.2) is 9.97 Å². The fourth-order valence-electron chi connectivity index (χ4n) is 4.68. The van der Waals surface area contributed by atoms with E-state index in [0.717, 1.165) is 70.9 Å². The highest BCUT2D eigenvalue weighted by Crippen LogP contribution is 2.21. The number of nitrogens with one attached hydrogen (secondary N) is 1. The summed E-state index contributed by atoms with van der Waals surface area (Å²) < 4.78 is 0. The minimum absolute atomic E-state index is 0.209. The molecule has 2 aliphatic rings. The zero-order chi connectivity index (χ0) is 24.0. The first-order valence-corrected chi connectivity index (χ1v) is 12.7. The van der Waals surface area contributed by atoms with Crippen molar-refractivity contribution in [2.75, 3.05) is 49.5 Å². The van der Waals surface area contributed by atoms with Crippen molar-refractivity contribution in [3.05, 3.63) is 82.6 Å². The smallest absolute Gasteiger partial charge is 0.276 e. The Balaban J connectivity index is 1.13. The fourth-order valence-corrected chi connectivity index (χ4v) is 4.85. The van der Waals surface area contributed by atoms with Gasteiger partial charge in [0.1, 0.15) is 0 Å². The number of piperazine rings is 1. The lowest BCUT2D eigenvalue weighted by Crippen LogP contribution is -2.45. The van der Waals surface area contributed by atoms with E-state index in [1.807, 2.05) is 12.1 Å². The second-order valence-electron chi connectivity index (χ2n) is 9.25. The summed E-state index contributed by atoms with van der Waals surface area (Å²) in [7, 11) is 0. The van der Waals surface area contributed by atoms with Crippen LogP contribution < -0.4 is 10.2 Å². The average Bonchev–Trinajstić information content (AvgIpc) is 3.42. The molecule has 1 N–H and O–H groups in total. The van der Waals surface area contributed by atoms with Crippen LogP contribution in [0.5, 0.6) is 0 Å². The van der Waals surface area contributed by atoms with E-state index < -0.39 is 0 Å². The van der Waals surface area contributed by atoms with Crippen molar-refractivity contribution in [2.24, 2.45) is 0 Å². The maximum Gasteiger partial charge on any atom is 0.276 e. The molecule has 1 amide bonds. The topological polar surface area (TPSA) is 64.6 Å². The molecule has 8 heteroatoms. The lowest BCUT2D eigenvalue weighted by Gasteiger charge is -2.34. The molecule has 0 aliphatic carbocycles. The van der Waals surface area contributed by atoms with Crippen LogP contribution in [0.25, 0.3) is 0 Å². The summed E-state index contributed by atoms with van der Waals surface area (Å²) in [5.74, 6) is 0.247. The lowest BCUT2D eigenvalue weighted by molar-refractivity contribution is 0.102. The average molecular weight is 491 g/mol. The number of anilines is 2. The van der Waals surface area contributed by atoms with Crippen LogP contribution in [0.15, 0.2) is 60.8 Å². The Kier molecular flexibility index (Phi) is 7.57. The van der Waals surface area contributed by atoms with E-state index in [9.17, 15) is 4.79 Å². The standard InChI is InChI=1S/C27H31ClN6O/c28-24-18-29-27(34-12-4-5-13-34)31-25(24)26(35)30-23-10-8-22(9-11-23)20-33-16-14-32(15-17-33)19-21-6-2-1-3-7-21/h1-3,6-11,18H,4-5,12-17,19-20H2,(H,30,35). The van der Waals surface area contributed by atoms with Crippen LogP contribution in [0.2, 0.25) is 5.02 Å². The van der Waals surface area contributed by atoms with Crippen LogP contribution in [0, 0.1) is 0 Å². The van der Waals surface area contributed by atoms with Gasteiger partial charge in [-0.1, -0.05) is 54.1 Å². The molecule has 0 spiro atoms. The van der Waals surface area contributed by atoms with Gasteiger partial charge in [-0.15, -0.1) is 0 Å². The van der Waals surface area contributed by atoms with E-state index in [4.69, 9.17) is 11.6 Å². The summed E-state index contributed by atoms with van der Waals surface area (Å²) in [6.07, 6.45) is 3.74. The normalized spacial score (nSPS) is 17.0. The number of hydrogen-bond donors (Lipinski definition) is 1. The molecule has 2 aromatic carbocycles. The zero-order valence-electron chi connectivity index (χ0n) is 19.9. The molecule has 1 aromatic heterocycles. The molecule has 7 nitrogen and oxygen atoms in total. The van der Waals surface area contributed by atoms with Gasteiger partial charge in [-0.3, -0.25) is 14.6 Å². The summed E-state index contributed by atoms with van der Waals surface area (Å²) in [5, 5.41) is 3.18. The zero-order valence-corrected chi connectivity index (χ0v) is 20.6. The van der Waals surface area contributed by atoms with Crippen molar-refractivity contribution in [3.8, 4) is 0 Å². The highest BCUT2D eigenvalue weighted by Gasteiger charge is 2.20. The SMILES string of the molecule is O=C(Nc1ccc(CN2CCN(Cc3ccccc3)CC2)cc1)c1nc(N2CCCC2)ncc1Cl. The summed E-state index contributed by atoms with van der Waals surface area (Å²) in [6.45, 7) is 7.99. The van der Waals surface area contributed by atoms with Gasteiger partial charge in [-0.05, 0) is 36.1 Å².